The first-order chi connectivity index (χ1) is 8.76. The van der Waals surface area contributed by atoms with Crippen molar-refractivity contribution >= 4 is 22.6 Å². The van der Waals surface area contributed by atoms with Crippen LogP contribution < -0.4 is 0 Å². The molecular weight excluding hydrogens is 248 g/mol. The molecule has 0 fully saturated rings. The van der Waals surface area contributed by atoms with Crippen LogP contribution in [0.25, 0.3) is 22.6 Å². The number of fused-ring (bicyclic) bond motifs is 1. The molecule has 0 saturated heterocycles. The SMILES string of the molecule is CCc1cc(Cl)nc(-c2cc3ccccc3o2)n1. The van der Waals surface area contributed by atoms with E-state index in [1.54, 1.807) is 6.07 Å². The summed E-state index contributed by atoms with van der Waals surface area (Å²) in [7, 11) is 0. The summed E-state index contributed by atoms with van der Waals surface area (Å²) in [5.41, 5.74) is 1.74. The predicted molar refractivity (Wildman–Crippen MR) is 71.6 cm³/mol. The fourth-order valence-corrected chi connectivity index (χ4v) is 2.05. The summed E-state index contributed by atoms with van der Waals surface area (Å²) < 4.78 is 5.72. The van der Waals surface area contributed by atoms with Crippen LogP contribution in [0, 0.1) is 0 Å². The van der Waals surface area contributed by atoms with Crippen molar-refractivity contribution in [1.29, 1.82) is 0 Å². The van der Waals surface area contributed by atoms with Gasteiger partial charge in [0.15, 0.2) is 11.6 Å². The number of para-hydroxylation sites is 1. The molecule has 3 nitrogen and oxygen atoms in total. The highest BCUT2D eigenvalue weighted by Gasteiger charge is 2.10. The zero-order valence-corrected chi connectivity index (χ0v) is 10.6. The quantitative estimate of drug-likeness (QED) is 0.650. The first-order valence-corrected chi connectivity index (χ1v) is 6.16. The lowest BCUT2D eigenvalue weighted by atomic mass is 10.2. The Morgan fingerprint density at radius 2 is 2.00 bits per heavy atom. The van der Waals surface area contributed by atoms with Crippen molar-refractivity contribution in [3.63, 3.8) is 0 Å². The standard InChI is InChI=1S/C14H11ClN2O/c1-2-10-8-13(15)17-14(16-10)12-7-9-5-3-4-6-11(9)18-12/h3-8H,2H2,1H3. The average Bonchev–Trinajstić information content (AvgIpc) is 2.81. The highest BCUT2D eigenvalue weighted by atomic mass is 35.5. The van der Waals surface area contributed by atoms with Crippen LogP contribution in [0.3, 0.4) is 0 Å². The van der Waals surface area contributed by atoms with Crippen LogP contribution in [0.5, 0.6) is 0 Å². The molecule has 0 amide bonds. The maximum absolute atomic E-state index is 5.98. The van der Waals surface area contributed by atoms with E-state index in [0.29, 0.717) is 16.7 Å². The third kappa shape index (κ3) is 1.97. The second-order valence-electron chi connectivity index (χ2n) is 4.01. The molecule has 0 saturated carbocycles. The number of halogens is 1. The molecule has 0 aliphatic heterocycles. The molecular formula is C14H11ClN2O. The van der Waals surface area contributed by atoms with Crippen LogP contribution in [0.1, 0.15) is 12.6 Å². The van der Waals surface area contributed by atoms with Crippen molar-refractivity contribution in [3.05, 3.63) is 47.2 Å². The van der Waals surface area contributed by atoms with Crippen molar-refractivity contribution < 1.29 is 4.42 Å². The third-order valence-corrected chi connectivity index (χ3v) is 2.95. The van der Waals surface area contributed by atoms with Crippen LogP contribution in [-0.2, 0) is 6.42 Å². The lowest BCUT2D eigenvalue weighted by Crippen LogP contribution is -1.93. The molecule has 1 aromatic carbocycles. The first kappa shape index (κ1) is 11.2. The van der Waals surface area contributed by atoms with Crippen LogP contribution >= 0.6 is 11.6 Å². The maximum atomic E-state index is 5.98. The van der Waals surface area contributed by atoms with Gasteiger partial charge in [0.2, 0.25) is 0 Å². The minimum absolute atomic E-state index is 0.442. The molecule has 3 rings (SSSR count). The molecule has 0 spiro atoms. The van der Waals surface area contributed by atoms with Crippen LogP contribution in [-0.4, -0.2) is 9.97 Å². The normalized spacial score (nSPS) is 11.0. The Morgan fingerprint density at radius 3 is 2.78 bits per heavy atom. The minimum Gasteiger partial charge on any atom is -0.453 e. The van der Waals surface area contributed by atoms with Gasteiger partial charge in [0, 0.05) is 11.1 Å². The predicted octanol–water partition coefficient (Wildman–Crippen LogP) is 4.11. The number of nitrogens with zero attached hydrogens (tertiary/aromatic N) is 2. The maximum Gasteiger partial charge on any atom is 0.197 e. The monoisotopic (exact) mass is 258 g/mol. The van der Waals surface area contributed by atoms with Gasteiger partial charge in [-0.2, -0.15) is 0 Å². The van der Waals surface area contributed by atoms with E-state index in [0.717, 1.165) is 23.1 Å². The first-order valence-electron chi connectivity index (χ1n) is 5.78. The topological polar surface area (TPSA) is 38.9 Å². The minimum atomic E-state index is 0.442. The Balaban J connectivity index is 2.16. The van der Waals surface area contributed by atoms with Crippen molar-refractivity contribution in [2.45, 2.75) is 13.3 Å². The van der Waals surface area contributed by atoms with Crippen molar-refractivity contribution in [2.75, 3.05) is 0 Å². The van der Waals surface area contributed by atoms with Crippen LogP contribution in [0.4, 0.5) is 0 Å². The van der Waals surface area contributed by atoms with Crippen molar-refractivity contribution in [1.82, 2.24) is 9.97 Å². The number of aromatic nitrogens is 2. The molecule has 0 aliphatic rings. The zero-order chi connectivity index (χ0) is 12.5. The van der Waals surface area contributed by atoms with Gasteiger partial charge in [0.1, 0.15) is 10.7 Å². The highest BCUT2D eigenvalue weighted by molar-refractivity contribution is 6.29. The Morgan fingerprint density at radius 1 is 1.17 bits per heavy atom. The molecule has 0 bridgehead atoms. The largest absolute Gasteiger partial charge is 0.453 e. The van der Waals surface area contributed by atoms with Crippen LogP contribution in [0.2, 0.25) is 5.15 Å². The van der Waals surface area contributed by atoms with Gasteiger partial charge in [0.05, 0.1) is 0 Å². The zero-order valence-electron chi connectivity index (χ0n) is 9.85. The van der Waals surface area contributed by atoms with E-state index in [2.05, 4.69) is 9.97 Å². The molecule has 0 unspecified atom stereocenters. The fourth-order valence-electron chi connectivity index (χ4n) is 1.85. The van der Waals surface area contributed by atoms with E-state index in [4.69, 9.17) is 16.0 Å². The number of benzene rings is 1. The Kier molecular flexibility index (Phi) is 2.76. The molecule has 4 heteroatoms. The lowest BCUT2D eigenvalue weighted by Gasteiger charge is -2.00. The van der Waals surface area contributed by atoms with E-state index < -0.39 is 0 Å². The number of furan rings is 1. The van der Waals surface area contributed by atoms with Gasteiger partial charge in [-0.05, 0) is 24.6 Å². The van der Waals surface area contributed by atoms with E-state index >= 15 is 0 Å². The molecule has 0 N–H and O–H groups in total. The van der Waals surface area contributed by atoms with E-state index in [1.165, 1.54) is 0 Å². The number of hydrogen-bond donors (Lipinski definition) is 0. The van der Waals surface area contributed by atoms with Crippen molar-refractivity contribution in [3.8, 4) is 11.6 Å². The van der Waals surface area contributed by atoms with E-state index in [-0.39, 0.29) is 0 Å². The third-order valence-electron chi connectivity index (χ3n) is 2.76. The molecule has 2 aromatic heterocycles. The molecule has 2 heterocycles. The molecule has 0 aliphatic carbocycles. The Hall–Kier alpha value is -1.87. The second kappa shape index (κ2) is 4.42. The van der Waals surface area contributed by atoms with Gasteiger partial charge in [0.25, 0.3) is 0 Å². The number of hydrogen-bond acceptors (Lipinski definition) is 3. The summed E-state index contributed by atoms with van der Waals surface area (Å²) in [5.74, 6) is 1.18. The summed E-state index contributed by atoms with van der Waals surface area (Å²) in [5, 5.41) is 1.48. The van der Waals surface area contributed by atoms with Gasteiger partial charge >= 0.3 is 0 Å². The molecule has 0 radical (unpaired) electrons. The summed E-state index contributed by atoms with van der Waals surface area (Å²) >= 11 is 5.98. The summed E-state index contributed by atoms with van der Waals surface area (Å²) in [6.45, 7) is 2.03. The average molecular weight is 259 g/mol. The highest BCUT2D eigenvalue weighted by Crippen LogP contribution is 2.26. The Labute approximate surface area is 109 Å². The van der Waals surface area contributed by atoms with Gasteiger partial charge in [-0.3, -0.25) is 0 Å². The lowest BCUT2D eigenvalue weighted by molar-refractivity contribution is 0.624. The number of rotatable bonds is 2. The van der Waals surface area contributed by atoms with Gasteiger partial charge < -0.3 is 4.42 Å². The summed E-state index contributed by atoms with van der Waals surface area (Å²) in [6, 6.07) is 11.5. The van der Waals surface area contributed by atoms with Gasteiger partial charge in [-0.25, -0.2) is 9.97 Å². The van der Waals surface area contributed by atoms with E-state index in [1.807, 2.05) is 37.3 Å². The molecule has 3 aromatic rings. The van der Waals surface area contributed by atoms with Crippen molar-refractivity contribution in [2.24, 2.45) is 0 Å². The summed E-state index contributed by atoms with van der Waals surface area (Å²) in [4.78, 5) is 8.64. The summed E-state index contributed by atoms with van der Waals surface area (Å²) in [6.07, 6.45) is 0.815. The Bertz CT molecular complexity index is 673. The van der Waals surface area contributed by atoms with Gasteiger partial charge in [-0.15, -0.1) is 0 Å². The molecule has 90 valence electrons. The van der Waals surface area contributed by atoms with Crippen LogP contribution in [0.15, 0.2) is 40.8 Å². The van der Waals surface area contributed by atoms with Gasteiger partial charge in [-0.1, -0.05) is 36.7 Å². The number of aryl methyl sites for hydroxylation is 1. The fraction of sp³-hybridized carbons (Fsp3) is 0.143. The van der Waals surface area contributed by atoms with E-state index in [9.17, 15) is 0 Å². The molecule has 18 heavy (non-hydrogen) atoms. The second-order valence-corrected chi connectivity index (χ2v) is 4.39. The smallest absolute Gasteiger partial charge is 0.197 e. The molecule has 0 atom stereocenters.